The van der Waals surface area contributed by atoms with E-state index in [-0.39, 0.29) is 24.6 Å². The molecule has 12 heteroatoms. The van der Waals surface area contributed by atoms with Gasteiger partial charge >= 0.3 is 6.09 Å². The Hall–Kier alpha value is -3.44. The summed E-state index contributed by atoms with van der Waals surface area (Å²) in [5.41, 5.74) is 5.91. The smallest absolute Gasteiger partial charge is 0.410 e. The molecule has 0 spiro atoms. The van der Waals surface area contributed by atoms with Crippen molar-refractivity contribution in [2.45, 2.75) is 25.5 Å². The molecule has 0 radical (unpaired) electrons. The second kappa shape index (κ2) is 11.4. The van der Waals surface area contributed by atoms with Crippen LogP contribution in [0.15, 0.2) is 42.5 Å². The maximum atomic E-state index is 13.6. The van der Waals surface area contributed by atoms with Crippen LogP contribution in [0.4, 0.5) is 9.18 Å². The fourth-order valence-corrected chi connectivity index (χ4v) is 5.26. The number of fused-ring (bicyclic) bond motifs is 1. The molecule has 1 aromatic heterocycles. The maximum absolute atomic E-state index is 13.6. The van der Waals surface area contributed by atoms with Gasteiger partial charge in [0.05, 0.1) is 42.7 Å². The monoisotopic (exact) mass is 573 g/mol. The summed E-state index contributed by atoms with van der Waals surface area (Å²) < 4.78 is 20.2. The standard InChI is InChI=1S/C27H26Cl2FN5O4/c1-39-27(38)33-14-17(12-16-2-5-19(30)6-3-16)25-21(15-33)24(26(37)32-34-10-8-20(36)9-11-34)31-35(25)23-7-4-18(28)13-22(23)29/h2-7,12-13,20,36H,8-11,14-15H2,1H3,(H,32,37)/b17-12+. The van der Waals surface area contributed by atoms with E-state index in [1.807, 2.05) is 6.08 Å². The summed E-state index contributed by atoms with van der Waals surface area (Å²) in [5.74, 6) is -0.834. The van der Waals surface area contributed by atoms with E-state index in [1.54, 1.807) is 40.0 Å². The minimum atomic E-state index is -0.570. The zero-order valence-corrected chi connectivity index (χ0v) is 22.5. The van der Waals surface area contributed by atoms with Crippen molar-refractivity contribution in [2.24, 2.45) is 0 Å². The van der Waals surface area contributed by atoms with Crippen LogP contribution in [0, 0.1) is 5.82 Å². The second-order valence-electron chi connectivity index (χ2n) is 9.39. The normalized spacial score (nSPS) is 17.3. The van der Waals surface area contributed by atoms with Gasteiger partial charge in [0.1, 0.15) is 5.82 Å². The Morgan fingerprint density at radius 3 is 2.51 bits per heavy atom. The van der Waals surface area contributed by atoms with Crippen LogP contribution in [0.25, 0.3) is 17.3 Å². The predicted octanol–water partition coefficient (Wildman–Crippen LogP) is 4.54. The number of aromatic nitrogens is 2. The van der Waals surface area contributed by atoms with Crippen LogP contribution in [-0.4, -0.2) is 69.6 Å². The minimum Gasteiger partial charge on any atom is -0.453 e. The zero-order chi connectivity index (χ0) is 27.7. The number of piperidine rings is 1. The third-order valence-corrected chi connectivity index (χ3v) is 7.26. The largest absolute Gasteiger partial charge is 0.453 e. The van der Waals surface area contributed by atoms with Gasteiger partial charge in [-0.25, -0.2) is 18.9 Å². The molecule has 1 fully saturated rings. The fourth-order valence-electron chi connectivity index (χ4n) is 4.77. The third-order valence-electron chi connectivity index (χ3n) is 6.72. The van der Waals surface area contributed by atoms with Crippen LogP contribution < -0.4 is 5.43 Å². The molecule has 204 valence electrons. The number of benzene rings is 2. The first-order valence-corrected chi connectivity index (χ1v) is 13.1. The summed E-state index contributed by atoms with van der Waals surface area (Å²) in [6, 6.07) is 10.9. The molecule has 2 aromatic carbocycles. The van der Waals surface area contributed by atoms with Crippen molar-refractivity contribution in [3.63, 3.8) is 0 Å². The fraction of sp³-hybridized carbons (Fsp3) is 0.296. The molecule has 0 atom stereocenters. The van der Waals surface area contributed by atoms with Gasteiger partial charge in [-0.2, -0.15) is 5.10 Å². The topological polar surface area (TPSA) is 99.9 Å². The molecule has 39 heavy (non-hydrogen) atoms. The van der Waals surface area contributed by atoms with Crippen LogP contribution in [0.2, 0.25) is 10.0 Å². The molecule has 0 aliphatic carbocycles. The number of amides is 2. The average molecular weight is 574 g/mol. The number of hydrazine groups is 1. The molecule has 2 amide bonds. The molecule has 2 aliphatic heterocycles. The molecule has 0 saturated carbocycles. The molecule has 1 saturated heterocycles. The number of methoxy groups -OCH3 is 1. The lowest BCUT2D eigenvalue weighted by Crippen LogP contribution is -2.48. The first-order chi connectivity index (χ1) is 18.7. The van der Waals surface area contributed by atoms with E-state index in [2.05, 4.69) is 10.5 Å². The van der Waals surface area contributed by atoms with Gasteiger partial charge in [0.25, 0.3) is 5.91 Å². The van der Waals surface area contributed by atoms with Gasteiger partial charge < -0.3 is 9.84 Å². The summed E-state index contributed by atoms with van der Waals surface area (Å²) >= 11 is 12.7. The number of rotatable bonds is 4. The van der Waals surface area contributed by atoms with E-state index in [9.17, 15) is 19.1 Å². The van der Waals surface area contributed by atoms with E-state index in [1.165, 1.54) is 24.1 Å². The molecular weight excluding hydrogens is 548 g/mol. The van der Waals surface area contributed by atoms with Gasteiger partial charge in [-0.05, 0) is 60.4 Å². The van der Waals surface area contributed by atoms with E-state index in [0.29, 0.717) is 64.1 Å². The molecule has 9 nitrogen and oxygen atoms in total. The number of nitrogens with one attached hydrogen (secondary N) is 1. The van der Waals surface area contributed by atoms with Gasteiger partial charge in [-0.3, -0.25) is 15.1 Å². The van der Waals surface area contributed by atoms with Crippen molar-refractivity contribution in [3.05, 3.63) is 80.8 Å². The Morgan fingerprint density at radius 1 is 1.13 bits per heavy atom. The van der Waals surface area contributed by atoms with Crippen LogP contribution in [0.5, 0.6) is 0 Å². The van der Waals surface area contributed by atoms with E-state index < -0.39 is 18.1 Å². The van der Waals surface area contributed by atoms with Crippen molar-refractivity contribution in [1.29, 1.82) is 0 Å². The van der Waals surface area contributed by atoms with Crippen LogP contribution in [0.1, 0.15) is 40.2 Å². The Balaban J connectivity index is 1.65. The number of aliphatic hydroxyl groups is 1. The number of halogens is 3. The van der Waals surface area contributed by atoms with Gasteiger partial charge in [-0.15, -0.1) is 0 Å². The Labute approximate surface area is 234 Å². The summed E-state index contributed by atoms with van der Waals surface area (Å²) in [4.78, 5) is 27.7. The average Bonchev–Trinajstić information content (AvgIpc) is 3.30. The lowest BCUT2D eigenvalue weighted by Gasteiger charge is -2.30. The highest BCUT2D eigenvalue weighted by atomic mass is 35.5. The van der Waals surface area contributed by atoms with Crippen molar-refractivity contribution in [2.75, 3.05) is 26.7 Å². The predicted molar refractivity (Wildman–Crippen MR) is 145 cm³/mol. The zero-order valence-electron chi connectivity index (χ0n) is 21.0. The number of carbonyl (C=O) groups is 2. The van der Waals surface area contributed by atoms with E-state index in [0.717, 1.165) is 0 Å². The SMILES string of the molecule is COC(=O)N1C/C(=C\c2ccc(F)cc2)c2c(c(C(=O)NN3CCC(O)CC3)nn2-c2ccc(Cl)cc2Cl)C1. The van der Waals surface area contributed by atoms with Gasteiger partial charge in [0, 0.05) is 23.7 Å². The van der Waals surface area contributed by atoms with Crippen molar-refractivity contribution in [3.8, 4) is 5.69 Å². The highest BCUT2D eigenvalue weighted by Gasteiger charge is 2.35. The van der Waals surface area contributed by atoms with Gasteiger partial charge in [-0.1, -0.05) is 35.3 Å². The Bertz CT molecular complexity index is 1430. The molecule has 3 heterocycles. The quantitative estimate of drug-likeness (QED) is 0.475. The van der Waals surface area contributed by atoms with Crippen LogP contribution in [-0.2, 0) is 11.3 Å². The lowest BCUT2D eigenvalue weighted by atomic mass is 9.97. The highest BCUT2D eigenvalue weighted by Crippen LogP contribution is 2.36. The number of nitrogens with zero attached hydrogens (tertiary/aromatic N) is 4. The van der Waals surface area contributed by atoms with Gasteiger partial charge in [0.15, 0.2) is 5.69 Å². The first kappa shape index (κ1) is 27.1. The van der Waals surface area contributed by atoms with Crippen molar-refractivity contribution >= 4 is 46.9 Å². The Morgan fingerprint density at radius 2 is 1.85 bits per heavy atom. The highest BCUT2D eigenvalue weighted by molar-refractivity contribution is 6.35. The number of carbonyl (C=O) groups excluding carboxylic acids is 2. The summed E-state index contributed by atoms with van der Waals surface area (Å²) in [6.45, 7) is 1.19. The molecule has 0 bridgehead atoms. The van der Waals surface area contributed by atoms with Crippen molar-refractivity contribution < 1.29 is 23.8 Å². The summed E-state index contributed by atoms with van der Waals surface area (Å²) in [5, 5.41) is 17.0. The molecule has 0 unspecified atom stereocenters. The number of hydrogen-bond acceptors (Lipinski definition) is 6. The molecule has 3 aromatic rings. The minimum absolute atomic E-state index is 0.0649. The maximum Gasteiger partial charge on any atom is 0.410 e. The number of hydrogen-bond donors (Lipinski definition) is 2. The first-order valence-electron chi connectivity index (χ1n) is 12.3. The lowest BCUT2D eigenvalue weighted by molar-refractivity contribution is 0.0462. The van der Waals surface area contributed by atoms with Gasteiger partial charge in [0.2, 0.25) is 0 Å². The number of ether oxygens (including phenoxy) is 1. The third kappa shape index (κ3) is 5.79. The number of aliphatic hydroxyl groups excluding tert-OH is 1. The summed E-state index contributed by atoms with van der Waals surface area (Å²) in [7, 11) is 1.29. The summed E-state index contributed by atoms with van der Waals surface area (Å²) in [6.07, 6.45) is 1.91. The molecule has 2 N–H and O–H groups in total. The Kier molecular flexibility index (Phi) is 7.90. The van der Waals surface area contributed by atoms with E-state index >= 15 is 0 Å². The molecule has 5 rings (SSSR count). The van der Waals surface area contributed by atoms with E-state index in [4.69, 9.17) is 27.9 Å². The van der Waals surface area contributed by atoms with Crippen molar-refractivity contribution in [1.82, 2.24) is 25.1 Å². The van der Waals surface area contributed by atoms with Crippen LogP contribution in [0.3, 0.4) is 0 Å². The molecule has 2 aliphatic rings. The molecular formula is C27H26Cl2FN5O4. The second-order valence-corrected chi connectivity index (χ2v) is 10.2. The van der Waals surface area contributed by atoms with Crippen LogP contribution >= 0.6 is 23.2 Å².